The lowest BCUT2D eigenvalue weighted by Gasteiger charge is -2.26. The van der Waals surface area contributed by atoms with Gasteiger partial charge in [0.15, 0.2) is 0 Å². The summed E-state index contributed by atoms with van der Waals surface area (Å²) in [7, 11) is 0. The molecule has 0 atom stereocenters. The summed E-state index contributed by atoms with van der Waals surface area (Å²) in [5, 5.41) is 8.78. The minimum absolute atomic E-state index is 0.0170. The van der Waals surface area contributed by atoms with E-state index in [0.29, 0.717) is 5.56 Å². The lowest BCUT2D eigenvalue weighted by atomic mass is 10.1. The normalized spacial score (nSPS) is 10.7. The average Bonchev–Trinajstić information content (AvgIpc) is 2.45. The molecular formula is C17H25NO3. The van der Waals surface area contributed by atoms with Crippen molar-refractivity contribution in [1.29, 1.82) is 0 Å². The van der Waals surface area contributed by atoms with E-state index in [1.54, 1.807) is 4.90 Å². The molecular weight excluding hydrogens is 266 g/mol. The molecule has 0 spiro atoms. The summed E-state index contributed by atoms with van der Waals surface area (Å²) in [4.78, 5) is 24.8. The van der Waals surface area contributed by atoms with E-state index >= 15 is 0 Å². The van der Waals surface area contributed by atoms with Crippen molar-refractivity contribution in [3.63, 3.8) is 0 Å². The predicted molar refractivity (Wildman–Crippen MR) is 83.5 cm³/mol. The van der Waals surface area contributed by atoms with Crippen molar-refractivity contribution in [1.82, 2.24) is 4.90 Å². The Hall–Kier alpha value is -1.84. The topological polar surface area (TPSA) is 57.6 Å². The lowest BCUT2D eigenvalue weighted by molar-refractivity contribution is -0.137. The molecule has 4 heteroatoms. The van der Waals surface area contributed by atoms with Crippen LogP contribution in [0.25, 0.3) is 0 Å². The fourth-order valence-corrected chi connectivity index (χ4v) is 2.17. The minimum Gasteiger partial charge on any atom is -0.481 e. The van der Waals surface area contributed by atoms with Crippen LogP contribution in [0.2, 0.25) is 0 Å². The van der Waals surface area contributed by atoms with Gasteiger partial charge in [-0.15, -0.1) is 0 Å². The fraction of sp³-hybridized carbons (Fsp3) is 0.529. The SMILES string of the molecule is CCCCc1ccc(C(=O)N(CCC(=O)O)C(C)C)cc1. The average molecular weight is 291 g/mol. The molecule has 1 N–H and O–H groups in total. The molecule has 0 saturated carbocycles. The maximum Gasteiger partial charge on any atom is 0.305 e. The highest BCUT2D eigenvalue weighted by Crippen LogP contribution is 2.12. The maximum absolute atomic E-state index is 12.5. The number of carbonyl (C=O) groups is 2. The zero-order valence-electron chi connectivity index (χ0n) is 13.1. The molecule has 1 aromatic rings. The van der Waals surface area contributed by atoms with Crippen molar-refractivity contribution in [3.05, 3.63) is 35.4 Å². The van der Waals surface area contributed by atoms with E-state index in [-0.39, 0.29) is 24.9 Å². The molecule has 0 aliphatic rings. The van der Waals surface area contributed by atoms with Gasteiger partial charge in [0.1, 0.15) is 0 Å². The summed E-state index contributed by atoms with van der Waals surface area (Å²) in [6, 6.07) is 7.63. The van der Waals surface area contributed by atoms with Gasteiger partial charge < -0.3 is 10.0 Å². The Morgan fingerprint density at radius 1 is 1.19 bits per heavy atom. The molecule has 0 aliphatic carbocycles. The molecule has 116 valence electrons. The number of hydrogen-bond donors (Lipinski definition) is 1. The van der Waals surface area contributed by atoms with E-state index in [4.69, 9.17) is 5.11 Å². The highest BCUT2D eigenvalue weighted by Gasteiger charge is 2.19. The molecule has 0 radical (unpaired) electrons. The van der Waals surface area contributed by atoms with Crippen molar-refractivity contribution in [2.24, 2.45) is 0 Å². The number of aliphatic carboxylic acids is 1. The molecule has 0 aromatic heterocycles. The first-order valence-corrected chi connectivity index (χ1v) is 7.57. The van der Waals surface area contributed by atoms with Crippen molar-refractivity contribution < 1.29 is 14.7 Å². The van der Waals surface area contributed by atoms with Crippen LogP contribution in [-0.2, 0) is 11.2 Å². The van der Waals surface area contributed by atoms with E-state index in [0.717, 1.165) is 19.3 Å². The van der Waals surface area contributed by atoms with E-state index in [1.807, 2.05) is 38.1 Å². The summed E-state index contributed by atoms with van der Waals surface area (Å²) >= 11 is 0. The van der Waals surface area contributed by atoms with E-state index in [2.05, 4.69) is 6.92 Å². The van der Waals surface area contributed by atoms with Gasteiger partial charge in [0.2, 0.25) is 0 Å². The Kier molecular flexibility index (Phi) is 6.92. The van der Waals surface area contributed by atoms with Crippen LogP contribution in [0.1, 0.15) is 56.0 Å². The largest absolute Gasteiger partial charge is 0.481 e. The second-order valence-corrected chi connectivity index (χ2v) is 5.54. The van der Waals surface area contributed by atoms with Gasteiger partial charge in [0.05, 0.1) is 6.42 Å². The molecule has 1 amide bonds. The molecule has 0 unspecified atom stereocenters. The van der Waals surface area contributed by atoms with Gasteiger partial charge in [-0.1, -0.05) is 25.5 Å². The Balaban J connectivity index is 2.76. The third kappa shape index (κ3) is 5.58. The summed E-state index contributed by atoms with van der Waals surface area (Å²) in [6.07, 6.45) is 3.29. The molecule has 0 bridgehead atoms. The van der Waals surface area contributed by atoms with E-state index in [9.17, 15) is 9.59 Å². The first-order valence-electron chi connectivity index (χ1n) is 7.57. The van der Waals surface area contributed by atoms with Crippen molar-refractivity contribution >= 4 is 11.9 Å². The zero-order chi connectivity index (χ0) is 15.8. The molecule has 0 aliphatic heterocycles. The number of carboxylic acids is 1. The second-order valence-electron chi connectivity index (χ2n) is 5.54. The number of aryl methyl sites for hydroxylation is 1. The molecule has 1 aromatic carbocycles. The standard InChI is InChI=1S/C17H25NO3/c1-4-5-6-14-7-9-15(10-8-14)17(21)18(13(2)3)12-11-16(19)20/h7-10,13H,4-6,11-12H2,1-3H3,(H,19,20). The summed E-state index contributed by atoms with van der Waals surface area (Å²) in [5.41, 5.74) is 1.85. The van der Waals surface area contributed by atoms with Crippen LogP contribution in [0.3, 0.4) is 0 Å². The quantitative estimate of drug-likeness (QED) is 0.799. The predicted octanol–water partition coefficient (Wildman–Crippen LogP) is 3.35. The number of rotatable bonds is 8. The highest BCUT2D eigenvalue weighted by atomic mass is 16.4. The number of carboxylic acid groups (broad SMARTS) is 1. The zero-order valence-corrected chi connectivity index (χ0v) is 13.1. The maximum atomic E-state index is 12.5. The number of nitrogens with zero attached hydrogens (tertiary/aromatic N) is 1. The summed E-state index contributed by atoms with van der Waals surface area (Å²) in [6.45, 7) is 6.19. The van der Waals surface area contributed by atoms with Gasteiger partial charge in [0.25, 0.3) is 5.91 Å². The molecule has 0 fully saturated rings. The van der Waals surface area contributed by atoms with Crippen LogP contribution in [0.4, 0.5) is 0 Å². The third-order valence-electron chi connectivity index (χ3n) is 3.47. The van der Waals surface area contributed by atoms with Crippen LogP contribution in [0.15, 0.2) is 24.3 Å². The second kappa shape index (κ2) is 8.45. The van der Waals surface area contributed by atoms with Gasteiger partial charge in [0, 0.05) is 18.2 Å². The van der Waals surface area contributed by atoms with E-state index in [1.165, 1.54) is 5.56 Å². The van der Waals surface area contributed by atoms with Gasteiger partial charge in [-0.2, -0.15) is 0 Å². The Morgan fingerprint density at radius 2 is 1.81 bits per heavy atom. The monoisotopic (exact) mass is 291 g/mol. The molecule has 0 heterocycles. The first-order chi connectivity index (χ1) is 9.95. The molecule has 4 nitrogen and oxygen atoms in total. The van der Waals surface area contributed by atoms with Crippen molar-refractivity contribution in [2.75, 3.05) is 6.54 Å². The van der Waals surface area contributed by atoms with Crippen molar-refractivity contribution in [2.45, 2.75) is 52.5 Å². The van der Waals surface area contributed by atoms with Crippen LogP contribution in [-0.4, -0.2) is 34.5 Å². The fourth-order valence-electron chi connectivity index (χ4n) is 2.17. The van der Waals surface area contributed by atoms with Crippen LogP contribution < -0.4 is 0 Å². The Morgan fingerprint density at radius 3 is 2.29 bits per heavy atom. The number of hydrogen-bond acceptors (Lipinski definition) is 2. The number of unbranched alkanes of at least 4 members (excludes halogenated alkanes) is 1. The first kappa shape index (κ1) is 17.2. The molecule has 1 rings (SSSR count). The van der Waals surface area contributed by atoms with Crippen LogP contribution >= 0.6 is 0 Å². The number of amides is 1. The highest BCUT2D eigenvalue weighted by molar-refractivity contribution is 5.94. The molecule has 21 heavy (non-hydrogen) atoms. The number of benzene rings is 1. The summed E-state index contributed by atoms with van der Waals surface area (Å²) in [5.74, 6) is -0.989. The Bertz CT molecular complexity index is 465. The summed E-state index contributed by atoms with van der Waals surface area (Å²) < 4.78 is 0. The Labute approximate surface area is 126 Å². The van der Waals surface area contributed by atoms with Crippen molar-refractivity contribution in [3.8, 4) is 0 Å². The van der Waals surface area contributed by atoms with E-state index < -0.39 is 5.97 Å². The van der Waals surface area contributed by atoms with Crippen LogP contribution in [0, 0.1) is 0 Å². The van der Waals surface area contributed by atoms with Gasteiger partial charge in [-0.05, 0) is 44.4 Å². The smallest absolute Gasteiger partial charge is 0.305 e. The molecule has 0 saturated heterocycles. The van der Waals surface area contributed by atoms with Gasteiger partial charge in [-0.3, -0.25) is 9.59 Å². The minimum atomic E-state index is -0.886. The van der Waals surface area contributed by atoms with Crippen LogP contribution in [0.5, 0.6) is 0 Å². The van der Waals surface area contributed by atoms with Gasteiger partial charge in [-0.25, -0.2) is 0 Å². The number of carbonyl (C=O) groups excluding carboxylic acids is 1. The lowest BCUT2D eigenvalue weighted by Crippen LogP contribution is -2.38. The third-order valence-corrected chi connectivity index (χ3v) is 3.47. The van der Waals surface area contributed by atoms with Gasteiger partial charge >= 0.3 is 5.97 Å².